The van der Waals surface area contributed by atoms with Crippen molar-refractivity contribution in [1.82, 2.24) is 4.90 Å². The van der Waals surface area contributed by atoms with Crippen molar-refractivity contribution in [3.05, 3.63) is 35.6 Å². The molecule has 0 bridgehead atoms. The van der Waals surface area contributed by atoms with Gasteiger partial charge in [0.15, 0.2) is 0 Å². The summed E-state index contributed by atoms with van der Waals surface area (Å²) in [5, 5.41) is 0. The Bertz CT molecular complexity index is 379. The van der Waals surface area contributed by atoms with E-state index in [1.807, 2.05) is 19.2 Å². The smallest absolute Gasteiger partial charge is 0.127 e. The molecule has 2 N–H and O–H groups in total. The summed E-state index contributed by atoms with van der Waals surface area (Å²) in [4.78, 5) is 2.16. The van der Waals surface area contributed by atoms with Crippen LogP contribution in [0.25, 0.3) is 0 Å². The number of halogens is 1. The molecule has 0 aliphatic rings. The highest BCUT2D eigenvalue weighted by molar-refractivity contribution is 5.17. The molecule has 0 spiro atoms. The molecule has 1 aromatic rings. The van der Waals surface area contributed by atoms with E-state index in [2.05, 4.69) is 25.7 Å². The van der Waals surface area contributed by atoms with E-state index < -0.39 is 0 Å². The van der Waals surface area contributed by atoms with Crippen LogP contribution in [-0.4, -0.2) is 24.0 Å². The molecule has 1 aromatic carbocycles. The highest BCUT2D eigenvalue weighted by Crippen LogP contribution is 2.24. The van der Waals surface area contributed by atoms with Crippen LogP contribution in [0, 0.1) is 11.7 Å². The first kappa shape index (κ1) is 15.1. The van der Waals surface area contributed by atoms with Gasteiger partial charge >= 0.3 is 0 Å². The SMILES string of the molecule is CC(C)CC(C)(CN)N(C)Cc1ccccc1F. The average Bonchev–Trinajstić information content (AvgIpc) is 2.31. The minimum Gasteiger partial charge on any atom is -0.329 e. The molecule has 18 heavy (non-hydrogen) atoms. The molecule has 0 fully saturated rings. The van der Waals surface area contributed by atoms with E-state index in [1.54, 1.807) is 6.07 Å². The summed E-state index contributed by atoms with van der Waals surface area (Å²) in [5.41, 5.74) is 6.55. The van der Waals surface area contributed by atoms with Gasteiger partial charge in [-0.3, -0.25) is 4.90 Å². The molecule has 2 nitrogen and oxygen atoms in total. The molecule has 0 aliphatic heterocycles. The maximum absolute atomic E-state index is 13.6. The Morgan fingerprint density at radius 3 is 2.44 bits per heavy atom. The predicted molar refractivity (Wildman–Crippen MR) is 74.8 cm³/mol. The fraction of sp³-hybridized carbons (Fsp3) is 0.600. The van der Waals surface area contributed by atoms with Crippen molar-refractivity contribution < 1.29 is 4.39 Å². The molecule has 1 unspecified atom stereocenters. The Labute approximate surface area is 110 Å². The molecule has 0 amide bonds. The second-order valence-electron chi connectivity index (χ2n) is 5.75. The summed E-state index contributed by atoms with van der Waals surface area (Å²) in [5.74, 6) is 0.426. The van der Waals surface area contributed by atoms with Crippen LogP contribution >= 0.6 is 0 Å². The number of hydrogen-bond donors (Lipinski definition) is 1. The van der Waals surface area contributed by atoms with Crippen LogP contribution in [0.15, 0.2) is 24.3 Å². The summed E-state index contributed by atoms with van der Waals surface area (Å²) >= 11 is 0. The standard InChI is InChI=1S/C15H25FN2/c1-12(2)9-15(3,11-17)18(4)10-13-7-5-6-8-14(13)16/h5-8,12H,9-11,17H2,1-4H3. The van der Waals surface area contributed by atoms with E-state index >= 15 is 0 Å². The Morgan fingerprint density at radius 2 is 1.94 bits per heavy atom. The summed E-state index contributed by atoms with van der Waals surface area (Å²) in [7, 11) is 2.02. The van der Waals surface area contributed by atoms with E-state index in [-0.39, 0.29) is 11.4 Å². The van der Waals surface area contributed by atoms with Gasteiger partial charge in [-0.2, -0.15) is 0 Å². The topological polar surface area (TPSA) is 29.3 Å². The maximum Gasteiger partial charge on any atom is 0.127 e. The zero-order valence-electron chi connectivity index (χ0n) is 11.9. The molecule has 1 rings (SSSR count). The van der Waals surface area contributed by atoms with Gasteiger partial charge in [-0.25, -0.2) is 4.39 Å². The number of benzene rings is 1. The molecule has 0 saturated heterocycles. The van der Waals surface area contributed by atoms with E-state index in [9.17, 15) is 4.39 Å². The number of rotatable bonds is 6. The highest BCUT2D eigenvalue weighted by atomic mass is 19.1. The normalized spacial score (nSPS) is 15.1. The van der Waals surface area contributed by atoms with Gasteiger partial charge in [0.1, 0.15) is 5.82 Å². The van der Waals surface area contributed by atoms with Gasteiger partial charge in [-0.05, 0) is 32.4 Å². The lowest BCUT2D eigenvalue weighted by Crippen LogP contribution is -2.50. The third kappa shape index (κ3) is 3.79. The lowest BCUT2D eigenvalue weighted by Gasteiger charge is -2.39. The molecule has 102 valence electrons. The van der Waals surface area contributed by atoms with Gasteiger partial charge in [0.25, 0.3) is 0 Å². The second-order valence-corrected chi connectivity index (χ2v) is 5.75. The number of likely N-dealkylation sites (N-methyl/N-ethyl adjacent to an activating group) is 1. The van der Waals surface area contributed by atoms with E-state index in [0.29, 0.717) is 19.0 Å². The zero-order chi connectivity index (χ0) is 13.8. The number of hydrogen-bond acceptors (Lipinski definition) is 2. The van der Waals surface area contributed by atoms with E-state index in [4.69, 9.17) is 5.73 Å². The molecule has 0 radical (unpaired) electrons. The fourth-order valence-corrected chi connectivity index (χ4v) is 2.35. The highest BCUT2D eigenvalue weighted by Gasteiger charge is 2.28. The molecule has 3 heteroatoms. The van der Waals surface area contributed by atoms with Gasteiger partial charge in [-0.15, -0.1) is 0 Å². The second kappa shape index (κ2) is 6.30. The largest absolute Gasteiger partial charge is 0.329 e. The van der Waals surface area contributed by atoms with Crippen molar-refractivity contribution in [2.75, 3.05) is 13.6 Å². The monoisotopic (exact) mass is 252 g/mol. The number of nitrogens with zero attached hydrogens (tertiary/aromatic N) is 1. The third-order valence-electron chi connectivity index (χ3n) is 3.57. The predicted octanol–water partition coefficient (Wildman–Crippen LogP) is 3.02. The van der Waals surface area contributed by atoms with Crippen LogP contribution in [0.4, 0.5) is 4.39 Å². The molecular formula is C15H25FN2. The molecule has 0 aliphatic carbocycles. The molecule has 0 heterocycles. The van der Waals surface area contributed by atoms with E-state index in [0.717, 1.165) is 12.0 Å². The Balaban J connectivity index is 2.80. The minimum absolute atomic E-state index is 0.0869. The van der Waals surface area contributed by atoms with Crippen molar-refractivity contribution in [2.24, 2.45) is 11.7 Å². The van der Waals surface area contributed by atoms with Crippen LogP contribution in [0.5, 0.6) is 0 Å². The maximum atomic E-state index is 13.6. The lowest BCUT2D eigenvalue weighted by molar-refractivity contribution is 0.110. The first-order chi connectivity index (χ1) is 8.39. The van der Waals surface area contributed by atoms with Gasteiger partial charge in [0.2, 0.25) is 0 Å². The first-order valence-corrected chi connectivity index (χ1v) is 6.54. The summed E-state index contributed by atoms with van der Waals surface area (Å²) < 4.78 is 13.6. The zero-order valence-corrected chi connectivity index (χ0v) is 11.9. The lowest BCUT2D eigenvalue weighted by atomic mass is 9.89. The summed E-state index contributed by atoms with van der Waals surface area (Å²) in [6.45, 7) is 7.69. The van der Waals surface area contributed by atoms with Crippen LogP contribution in [0.2, 0.25) is 0 Å². The quantitative estimate of drug-likeness (QED) is 0.843. The molecular weight excluding hydrogens is 227 g/mol. The average molecular weight is 252 g/mol. The summed E-state index contributed by atoms with van der Waals surface area (Å²) in [6, 6.07) is 6.92. The van der Waals surface area contributed by atoms with Crippen molar-refractivity contribution in [3.63, 3.8) is 0 Å². The van der Waals surface area contributed by atoms with Crippen molar-refractivity contribution in [3.8, 4) is 0 Å². The Morgan fingerprint density at radius 1 is 1.33 bits per heavy atom. The van der Waals surface area contributed by atoms with Crippen LogP contribution in [-0.2, 0) is 6.54 Å². The molecule has 0 saturated carbocycles. The van der Waals surface area contributed by atoms with Crippen molar-refractivity contribution in [1.29, 1.82) is 0 Å². The summed E-state index contributed by atoms with van der Waals surface area (Å²) in [6.07, 6.45) is 1.01. The Kier molecular flexibility index (Phi) is 5.29. The van der Waals surface area contributed by atoms with Gasteiger partial charge in [-0.1, -0.05) is 32.0 Å². The minimum atomic E-state index is -0.145. The Hall–Kier alpha value is -0.930. The van der Waals surface area contributed by atoms with Crippen LogP contribution < -0.4 is 5.73 Å². The third-order valence-corrected chi connectivity index (χ3v) is 3.57. The number of nitrogens with two attached hydrogens (primary N) is 1. The van der Waals surface area contributed by atoms with Crippen LogP contribution in [0.1, 0.15) is 32.8 Å². The van der Waals surface area contributed by atoms with Gasteiger partial charge < -0.3 is 5.73 Å². The van der Waals surface area contributed by atoms with Crippen molar-refractivity contribution >= 4 is 0 Å². The van der Waals surface area contributed by atoms with E-state index in [1.165, 1.54) is 6.07 Å². The van der Waals surface area contributed by atoms with Gasteiger partial charge in [0, 0.05) is 24.2 Å². The first-order valence-electron chi connectivity index (χ1n) is 6.54. The molecule has 0 aromatic heterocycles. The fourth-order valence-electron chi connectivity index (χ4n) is 2.35. The van der Waals surface area contributed by atoms with Crippen molar-refractivity contribution in [2.45, 2.75) is 39.3 Å². The van der Waals surface area contributed by atoms with Crippen LogP contribution in [0.3, 0.4) is 0 Å². The molecule has 1 atom stereocenters. The van der Waals surface area contributed by atoms with Gasteiger partial charge in [0.05, 0.1) is 0 Å².